The number of benzene rings is 4. The van der Waals surface area contributed by atoms with Crippen molar-refractivity contribution < 1.29 is 39.6 Å². The summed E-state index contributed by atoms with van der Waals surface area (Å²) in [6, 6.07) is 15.2. The van der Waals surface area contributed by atoms with Gasteiger partial charge in [-0.2, -0.15) is 0 Å². The Kier molecular flexibility index (Phi) is 13.1. The molecule has 388 valence electrons. The molecule has 0 saturated heterocycles. The smallest absolute Gasteiger partial charge is 0.266 e. The van der Waals surface area contributed by atoms with Gasteiger partial charge in [0.25, 0.3) is 23.6 Å². The number of aliphatic hydroxyl groups excluding tert-OH is 4. The first-order valence-electron chi connectivity index (χ1n) is 27.0. The minimum absolute atomic E-state index is 0.0200. The summed E-state index contributed by atoms with van der Waals surface area (Å²) >= 11 is 0. The third-order valence-electron chi connectivity index (χ3n) is 16.7. The quantitative estimate of drug-likeness (QED) is 0.104. The fourth-order valence-electron chi connectivity index (χ4n) is 12.4. The number of allylic oxidation sites excluding steroid dienone is 12. The molecule has 4 aromatic carbocycles. The first-order chi connectivity index (χ1) is 36.4. The highest BCUT2D eigenvalue weighted by atomic mass is 16.3. The van der Waals surface area contributed by atoms with Crippen LogP contribution in [-0.4, -0.2) is 70.5 Å². The van der Waals surface area contributed by atoms with Gasteiger partial charge in [0, 0.05) is 35.5 Å². The summed E-state index contributed by atoms with van der Waals surface area (Å²) in [5, 5.41) is 43.9. The molecule has 5 aliphatic carbocycles. The molecule has 0 bridgehead atoms. The van der Waals surface area contributed by atoms with Crippen molar-refractivity contribution >= 4 is 59.3 Å². The van der Waals surface area contributed by atoms with Gasteiger partial charge in [0.1, 0.15) is 0 Å². The second-order valence-electron chi connectivity index (χ2n) is 22.9. The minimum Gasteiger partial charge on any atom is -0.396 e. The molecule has 0 saturated carbocycles. The molecule has 2 heterocycles. The third kappa shape index (κ3) is 8.32. The van der Waals surface area contributed by atoms with Gasteiger partial charge in [0.05, 0.1) is 60.1 Å². The van der Waals surface area contributed by atoms with Crippen LogP contribution in [0, 0.1) is 23.7 Å². The molecular formula is C66H66N2O8. The molecular weight excluding hydrogens is 949 g/mol. The number of anilines is 2. The lowest BCUT2D eigenvalue weighted by Crippen LogP contribution is -2.34. The van der Waals surface area contributed by atoms with E-state index in [9.17, 15) is 39.6 Å². The van der Waals surface area contributed by atoms with Crippen LogP contribution in [0.15, 0.2) is 119 Å². The lowest BCUT2D eigenvalue weighted by molar-refractivity contribution is 0.0909. The van der Waals surface area contributed by atoms with Gasteiger partial charge < -0.3 is 20.4 Å². The van der Waals surface area contributed by atoms with Crippen LogP contribution in [0.25, 0.3) is 24.3 Å². The van der Waals surface area contributed by atoms with Crippen molar-refractivity contribution in [2.45, 2.75) is 90.9 Å². The van der Waals surface area contributed by atoms with Gasteiger partial charge in [-0.3, -0.25) is 19.2 Å². The fourth-order valence-corrected chi connectivity index (χ4v) is 12.4. The molecule has 10 heteroatoms. The maximum absolute atomic E-state index is 14.5. The van der Waals surface area contributed by atoms with Crippen molar-refractivity contribution in [1.29, 1.82) is 0 Å². The summed E-state index contributed by atoms with van der Waals surface area (Å²) in [5.74, 6) is -2.48. The number of rotatable bonds is 12. The number of carbonyl (C=O) groups excluding carboxylic acids is 4. The Morgan fingerprint density at radius 3 is 0.776 bits per heavy atom. The number of nitrogens with zero attached hydrogens (tertiary/aromatic N) is 2. The van der Waals surface area contributed by atoms with Crippen LogP contribution in [0.5, 0.6) is 0 Å². The standard InChI is InChI=1S/C66H66N2O8/c1-33(2)53-21-49(51(29-69)30-70)22-54(34(3)4)61(53)67-63(73)57-25-45-17-41-13-37-9-11-39-15-43-19-47-27-59-60(66(76)68(65(59)75)62-55(35(5)6)23-50(52(31-71)32-72)24-56(62)36(7)8)28-48(47)20-44(43)16-40(39)12-10-38(37)14-42(41)18-46(45)26-58(57)64(67)74/h9-28,33-36,41-44,51-52,69-72H,29-32H2,1-8H3/b11-9-,12-10-/t41-,42?,43+,44?. The van der Waals surface area contributed by atoms with Gasteiger partial charge in [-0.25, -0.2) is 9.80 Å². The van der Waals surface area contributed by atoms with Crippen LogP contribution in [-0.2, 0) is 0 Å². The molecule has 4 aromatic rings. The lowest BCUT2D eigenvalue weighted by Gasteiger charge is -2.28. The highest BCUT2D eigenvalue weighted by molar-refractivity contribution is 6.36. The largest absolute Gasteiger partial charge is 0.396 e. The van der Waals surface area contributed by atoms with E-state index in [1.165, 1.54) is 9.80 Å². The van der Waals surface area contributed by atoms with Crippen LogP contribution >= 0.6 is 0 Å². The van der Waals surface area contributed by atoms with Gasteiger partial charge in [-0.1, -0.05) is 153 Å². The van der Waals surface area contributed by atoms with E-state index in [-0.39, 0.29) is 97.4 Å². The SMILES string of the molecule is CC(C)c1cc(C(CO)CO)cc(C(C)C)c1N1C(=O)c2cc3c(cc2C1=O)=C[C@H]1C=C2/C=C\C4=C[C@H]5C=c6cc7c(cc6=CC5C=C4/C=C\C2=CC1C=3)C(=O)N(c1c(C(C)C)cc(C(CO)CO)cc1C(C)C)C7=O. The average Bonchev–Trinajstić information content (AvgIpc) is 3.80. The van der Waals surface area contributed by atoms with Crippen molar-refractivity contribution in [2.75, 3.05) is 36.2 Å². The minimum atomic E-state index is -0.476. The van der Waals surface area contributed by atoms with E-state index in [1.54, 1.807) is 0 Å². The first kappa shape index (κ1) is 51.0. The monoisotopic (exact) mass is 1010 g/mol. The van der Waals surface area contributed by atoms with Crippen molar-refractivity contribution in [3.8, 4) is 0 Å². The van der Waals surface area contributed by atoms with Gasteiger partial charge in [-0.05, 0) is 124 Å². The van der Waals surface area contributed by atoms with E-state index < -0.39 is 11.8 Å². The number of hydrogen-bond donors (Lipinski definition) is 4. The highest BCUT2D eigenvalue weighted by Crippen LogP contribution is 2.44. The summed E-state index contributed by atoms with van der Waals surface area (Å²) in [6.07, 6.45) is 26.7. The van der Waals surface area contributed by atoms with Crippen molar-refractivity contribution in [3.63, 3.8) is 0 Å². The van der Waals surface area contributed by atoms with Crippen LogP contribution in [0.2, 0.25) is 0 Å². The molecule has 0 radical (unpaired) electrons. The Morgan fingerprint density at radius 1 is 0.355 bits per heavy atom. The highest BCUT2D eigenvalue weighted by Gasteiger charge is 2.42. The zero-order chi connectivity index (χ0) is 53.8. The molecule has 76 heavy (non-hydrogen) atoms. The van der Waals surface area contributed by atoms with E-state index >= 15 is 0 Å². The summed E-state index contributed by atoms with van der Waals surface area (Å²) in [7, 11) is 0. The molecule has 0 spiro atoms. The lowest BCUT2D eigenvalue weighted by atomic mass is 9.75. The second kappa shape index (κ2) is 19.5. The normalized spacial score (nSPS) is 21.8. The maximum Gasteiger partial charge on any atom is 0.266 e. The average molecular weight is 1020 g/mol. The second-order valence-corrected chi connectivity index (χ2v) is 22.9. The Morgan fingerprint density at radius 2 is 0.579 bits per heavy atom. The van der Waals surface area contributed by atoms with Crippen molar-refractivity contribution in [3.05, 3.63) is 196 Å². The molecule has 10 nitrogen and oxygen atoms in total. The van der Waals surface area contributed by atoms with Gasteiger partial charge in [0.15, 0.2) is 0 Å². The summed E-state index contributed by atoms with van der Waals surface area (Å²) < 4.78 is 0. The van der Waals surface area contributed by atoms with E-state index in [0.29, 0.717) is 33.6 Å². The molecule has 11 rings (SSSR count). The number of hydrogen-bond acceptors (Lipinski definition) is 8. The zero-order valence-electron chi connectivity index (χ0n) is 44.5. The topological polar surface area (TPSA) is 156 Å². The van der Waals surface area contributed by atoms with Crippen LogP contribution < -0.4 is 30.7 Å². The van der Waals surface area contributed by atoms with Crippen LogP contribution in [0.4, 0.5) is 11.4 Å². The number of aliphatic hydroxyl groups is 4. The number of fused-ring (bicyclic) bond motifs is 8. The van der Waals surface area contributed by atoms with Crippen LogP contribution in [0.3, 0.4) is 0 Å². The predicted octanol–water partition coefficient (Wildman–Crippen LogP) is 8.09. The summed E-state index contributed by atoms with van der Waals surface area (Å²) in [4.78, 5) is 60.8. The van der Waals surface area contributed by atoms with Crippen molar-refractivity contribution in [1.82, 2.24) is 0 Å². The number of amides is 4. The molecule has 0 fully saturated rings. The number of imide groups is 2. The molecule has 4 atom stereocenters. The molecule has 4 N–H and O–H groups in total. The summed E-state index contributed by atoms with van der Waals surface area (Å²) in [6.45, 7) is 15.3. The Bertz CT molecular complexity index is 3220. The van der Waals surface area contributed by atoms with Crippen LogP contribution in [0.1, 0.15) is 166 Å². The molecule has 4 amide bonds. The van der Waals surface area contributed by atoms with Gasteiger partial charge >= 0.3 is 0 Å². The van der Waals surface area contributed by atoms with E-state index in [0.717, 1.165) is 76.5 Å². The molecule has 2 unspecified atom stereocenters. The predicted molar refractivity (Wildman–Crippen MR) is 299 cm³/mol. The first-order valence-corrected chi connectivity index (χ1v) is 27.0. The third-order valence-corrected chi connectivity index (χ3v) is 16.7. The Labute approximate surface area is 443 Å². The molecule has 2 aliphatic heterocycles. The molecule has 7 aliphatic rings. The van der Waals surface area contributed by atoms with E-state index in [4.69, 9.17) is 0 Å². The van der Waals surface area contributed by atoms with E-state index in [2.05, 4.69) is 72.9 Å². The van der Waals surface area contributed by atoms with E-state index in [1.807, 2.05) is 104 Å². The fraction of sp³-hybridized carbons (Fsp3) is 0.333. The zero-order valence-corrected chi connectivity index (χ0v) is 44.5. The Balaban J connectivity index is 0.895. The van der Waals surface area contributed by atoms with Gasteiger partial charge in [0.2, 0.25) is 0 Å². The number of carbonyl (C=O) groups is 4. The van der Waals surface area contributed by atoms with Crippen molar-refractivity contribution in [2.24, 2.45) is 23.7 Å². The van der Waals surface area contributed by atoms with Gasteiger partial charge in [-0.15, -0.1) is 0 Å². The Hall–Kier alpha value is -7.08. The molecule has 0 aromatic heterocycles. The maximum atomic E-state index is 14.5. The summed E-state index contributed by atoms with van der Waals surface area (Å²) in [5.41, 5.74) is 11.9.